The highest BCUT2D eigenvalue weighted by molar-refractivity contribution is 6.96. The van der Waals surface area contributed by atoms with Crippen LogP contribution in [0, 0.1) is 0 Å². The van der Waals surface area contributed by atoms with Crippen LogP contribution >= 0.6 is 11.1 Å². The number of ether oxygens (including phenoxy) is 1. The average molecular weight is 337 g/mol. The fourth-order valence-electron chi connectivity index (χ4n) is 2.88. The summed E-state index contributed by atoms with van der Waals surface area (Å²) in [6, 6.07) is 29.1. The Morgan fingerprint density at radius 2 is 1.13 bits per heavy atom. The number of benzene rings is 3. The largest absolute Gasteiger partial charge is 0.497 e. The van der Waals surface area contributed by atoms with Crippen molar-refractivity contribution in [3.05, 3.63) is 102 Å². The van der Waals surface area contributed by atoms with Gasteiger partial charge in [-0.15, -0.1) is 0 Å². The molecule has 0 saturated carbocycles. The Labute approximate surface area is 144 Å². The molecular formula is C20H17ClOSi. The zero-order valence-corrected chi connectivity index (χ0v) is 14.6. The van der Waals surface area contributed by atoms with E-state index in [0.29, 0.717) is 0 Å². The molecule has 0 amide bonds. The molecule has 0 aliphatic heterocycles. The number of halogens is 1. The molecule has 0 unspecified atom stereocenters. The Morgan fingerprint density at radius 1 is 0.696 bits per heavy atom. The molecule has 0 spiro atoms. The van der Waals surface area contributed by atoms with Crippen LogP contribution in [0.5, 0.6) is 5.75 Å². The summed E-state index contributed by atoms with van der Waals surface area (Å²) < 4.78 is 5.30. The quantitative estimate of drug-likeness (QED) is 0.368. The van der Waals surface area contributed by atoms with Crippen LogP contribution in [-0.2, 0) is 5.04 Å². The second-order valence-electron chi connectivity index (χ2n) is 5.31. The van der Waals surface area contributed by atoms with E-state index >= 15 is 0 Å². The van der Waals surface area contributed by atoms with Gasteiger partial charge in [0.05, 0.1) is 12.1 Å². The van der Waals surface area contributed by atoms with E-state index < -0.39 is 0 Å². The van der Waals surface area contributed by atoms with Crippen molar-refractivity contribution in [2.24, 2.45) is 0 Å². The molecule has 2 radical (unpaired) electrons. The molecule has 0 fully saturated rings. The first kappa shape index (κ1) is 15.8. The number of methoxy groups -OCH3 is 1. The molecule has 3 aromatic rings. The number of rotatable bonds is 5. The van der Waals surface area contributed by atoms with E-state index in [2.05, 4.69) is 60.7 Å². The molecule has 0 aliphatic rings. The van der Waals surface area contributed by atoms with Crippen LogP contribution in [0.2, 0.25) is 0 Å². The number of hydrogen-bond donors (Lipinski definition) is 0. The summed E-state index contributed by atoms with van der Waals surface area (Å²) in [5.74, 6) is 0.849. The van der Waals surface area contributed by atoms with Gasteiger partial charge < -0.3 is 4.74 Å². The Morgan fingerprint density at radius 3 is 1.52 bits per heavy atom. The lowest BCUT2D eigenvalue weighted by atomic mass is 9.84. The molecule has 23 heavy (non-hydrogen) atoms. The monoisotopic (exact) mass is 336 g/mol. The van der Waals surface area contributed by atoms with Crippen LogP contribution in [0.3, 0.4) is 0 Å². The van der Waals surface area contributed by atoms with Gasteiger partial charge in [-0.25, -0.2) is 0 Å². The SMILES string of the molecule is COc1ccc(C([Si]Cl)(c2ccccc2)c2ccccc2)cc1. The molecule has 0 N–H and O–H groups in total. The molecule has 0 heterocycles. The standard InChI is InChI=1S/C20H17ClOSi/c1-22-19-14-12-18(13-15-19)20(23-21,16-8-4-2-5-9-16)17-10-6-3-7-11-17/h2-15H,1H3. The van der Waals surface area contributed by atoms with Gasteiger partial charge in [0.15, 0.2) is 8.83 Å². The van der Waals surface area contributed by atoms with Crippen molar-refractivity contribution in [2.45, 2.75) is 5.04 Å². The molecule has 0 aromatic heterocycles. The van der Waals surface area contributed by atoms with Crippen molar-refractivity contribution >= 4 is 19.9 Å². The van der Waals surface area contributed by atoms with Gasteiger partial charge in [-0.05, 0) is 28.8 Å². The molecule has 3 heteroatoms. The minimum Gasteiger partial charge on any atom is -0.497 e. The maximum Gasteiger partial charge on any atom is 0.193 e. The van der Waals surface area contributed by atoms with Crippen LogP contribution in [-0.4, -0.2) is 15.9 Å². The average Bonchev–Trinajstić information content (AvgIpc) is 2.65. The third kappa shape index (κ3) is 2.92. The molecule has 1 nitrogen and oxygen atoms in total. The maximum absolute atomic E-state index is 6.60. The normalized spacial score (nSPS) is 11.2. The first-order chi connectivity index (χ1) is 11.3. The van der Waals surface area contributed by atoms with Crippen molar-refractivity contribution in [1.29, 1.82) is 0 Å². The summed E-state index contributed by atoms with van der Waals surface area (Å²) >= 11 is 6.60. The molecule has 114 valence electrons. The summed E-state index contributed by atoms with van der Waals surface area (Å²) in [5.41, 5.74) is 3.57. The Bertz CT molecular complexity index is 702. The summed E-state index contributed by atoms with van der Waals surface area (Å²) in [6.07, 6.45) is 0. The van der Waals surface area contributed by atoms with Crippen molar-refractivity contribution < 1.29 is 4.74 Å². The second-order valence-corrected chi connectivity index (χ2v) is 6.81. The molecule has 0 saturated heterocycles. The Hall–Kier alpha value is -2.03. The first-order valence-corrected chi connectivity index (χ1v) is 9.46. The smallest absolute Gasteiger partial charge is 0.193 e. The van der Waals surface area contributed by atoms with E-state index in [-0.39, 0.29) is 13.9 Å². The van der Waals surface area contributed by atoms with Gasteiger partial charge in [0.2, 0.25) is 0 Å². The second kappa shape index (κ2) is 7.03. The summed E-state index contributed by atoms with van der Waals surface area (Å²) in [4.78, 5) is 0. The topological polar surface area (TPSA) is 9.23 Å². The van der Waals surface area contributed by atoms with Crippen LogP contribution < -0.4 is 4.74 Å². The predicted octanol–water partition coefficient (Wildman–Crippen LogP) is 4.85. The highest BCUT2D eigenvalue weighted by Gasteiger charge is 2.36. The molecule has 3 rings (SSSR count). The predicted molar refractivity (Wildman–Crippen MR) is 97.4 cm³/mol. The van der Waals surface area contributed by atoms with Gasteiger partial charge in [0.1, 0.15) is 5.75 Å². The third-order valence-electron chi connectivity index (χ3n) is 4.08. The fourth-order valence-corrected chi connectivity index (χ4v) is 4.69. The van der Waals surface area contributed by atoms with Crippen LogP contribution in [0.1, 0.15) is 16.7 Å². The molecule has 0 bridgehead atoms. The molecule has 0 atom stereocenters. The van der Waals surface area contributed by atoms with Crippen molar-refractivity contribution in [2.75, 3.05) is 7.11 Å². The summed E-state index contributed by atoms with van der Waals surface area (Å²) in [7, 11) is 1.86. The zero-order valence-electron chi connectivity index (χ0n) is 12.9. The van der Waals surface area contributed by atoms with E-state index in [0.717, 1.165) is 5.75 Å². The van der Waals surface area contributed by atoms with E-state index in [1.165, 1.54) is 16.7 Å². The van der Waals surface area contributed by atoms with Crippen molar-refractivity contribution in [1.82, 2.24) is 0 Å². The van der Waals surface area contributed by atoms with E-state index in [1.807, 2.05) is 24.3 Å². The molecule has 0 aliphatic carbocycles. The lowest BCUT2D eigenvalue weighted by Crippen LogP contribution is -2.33. The Balaban J connectivity index is 2.24. The fraction of sp³-hybridized carbons (Fsp3) is 0.100. The van der Waals surface area contributed by atoms with E-state index in [1.54, 1.807) is 7.11 Å². The highest BCUT2D eigenvalue weighted by Crippen LogP contribution is 2.39. The van der Waals surface area contributed by atoms with Gasteiger partial charge in [0.25, 0.3) is 0 Å². The molecular weight excluding hydrogens is 320 g/mol. The Kier molecular flexibility index (Phi) is 4.84. The van der Waals surface area contributed by atoms with E-state index in [4.69, 9.17) is 15.8 Å². The van der Waals surface area contributed by atoms with Gasteiger partial charge in [-0.2, -0.15) is 11.1 Å². The van der Waals surface area contributed by atoms with Gasteiger partial charge in [0, 0.05) is 0 Å². The first-order valence-electron chi connectivity index (χ1n) is 7.44. The third-order valence-corrected chi connectivity index (χ3v) is 6.08. The van der Waals surface area contributed by atoms with Gasteiger partial charge >= 0.3 is 0 Å². The van der Waals surface area contributed by atoms with Crippen molar-refractivity contribution in [3.63, 3.8) is 0 Å². The highest BCUT2D eigenvalue weighted by atomic mass is 35.6. The van der Waals surface area contributed by atoms with Crippen LogP contribution in [0.4, 0.5) is 0 Å². The lowest BCUT2D eigenvalue weighted by molar-refractivity contribution is 0.414. The van der Waals surface area contributed by atoms with Crippen molar-refractivity contribution in [3.8, 4) is 5.75 Å². The van der Waals surface area contributed by atoms with Gasteiger partial charge in [-0.1, -0.05) is 72.8 Å². The van der Waals surface area contributed by atoms with Crippen LogP contribution in [0.25, 0.3) is 0 Å². The minimum absolute atomic E-state index is 0.180. The maximum atomic E-state index is 6.60. The lowest BCUT2D eigenvalue weighted by Gasteiger charge is -2.33. The van der Waals surface area contributed by atoms with E-state index in [9.17, 15) is 0 Å². The number of hydrogen-bond acceptors (Lipinski definition) is 1. The minimum atomic E-state index is -0.351. The van der Waals surface area contributed by atoms with Gasteiger partial charge in [-0.3, -0.25) is 0 Å². The zero-order chi connectivity index (χ0) is 16.1. The molecule has 3 aromatic carbocycles. The summed E-state index contributed by atoms with van der Waals surface area (Å²) in [6.45, 7) is 0. The summed E-state index contributed by atoms with van der Waals surface area (Å²) in [5, 5.41) is -0.351. The van der Waals surface area contributed by atoms with Crippen LogP contribution in [0.15, 0.2) is 84.9 Å².